The first kappa shape index (κ1) is 31.1. The van der Waals surface area contributed by atoms with Crippen molar-refractivity contribution in [2.75, 3.05) is 13.2 Å². The fraction of sp³-hybridized carbons (Fsp3) is 0.483. The summed E-state index contributed by atoms with van der Waals surface area (Å²) in [6, 6.07) is 8.02. The van der Waals surface area contributed by atoms with Crippen LogP contribution < -0.4 is 0 Å². The van der Waals surface area contributed by atoms with Gasteiger partial charge in [0.05, 0.1) is 37.4 Å². The third kappa shape index (κ3) is 6.47. The molecule has 3 fully saturated rings. The van der Waals surface area contributed by atoms with Crippen LogP contribution in [-0.2, 0) is 28.5 Å². The second kappa shape index (κ2) is 12.7. The van der Waals surface area contributed by atoms with E-state index in [1.807, 2.05) is 0 Å². The zero-order chi connectivity index (χ0) is 31.0. The van der Waals surface area contributed by atoms with Gasteiger partial charge in [0.25, 0.3) is 0 Å². The van der Waals surface area contributed by atoms with Gasteiger partial charge in [-0.2, -0.15) is 0 Å². The molecule has 3 saturated heterocycles. The number of allylic oxidation sites excluding steroid dienone is 1. The number of aromatic hydroxyl groups is 4. The number of ketones is 1. The standard InChI is InChI=1S/C29H34O14/c1-12-23(35)25(37)26(38)28(41-12)39-11-21-22(17(32)6-3-13-2-5-15(30)18(33)8-13)24(36)27-29(43-21)40-10-20(42-27)14-4-7-16(31)19(34)9-14/h2-9,12,20-31,33-38H,10-11H2,1H3. The number of carbonyl (C=O) groups excluding carboxylic acids is 1. The van der Waals surface area contributed by atoms with Crippen molar-refractivity contribution in [3.63, 3.8) is 0 Å². The van der Waals surface area contributed by atoms with Crippen molar-refractivity contribution in [2.45, 2.75) is 68.3 Å². The highest BCUT2D eigenvalue weighted by molar-refractivity contribution is 5.96. The minimum atomic E-state index is -1.61. The lowest BCUT2D eigenvalue weighted by Gasteiger charge is -2.47. The normalized spacial score (nSPS) is 36.3. The van der Waals surface area contributed by atoms with Crippen LogP contribution >= 0.6 is 0 Å². The van der Waals surface area contributed by atoms with E-state index in [9.17, 15) is 45.6 Å². The van der Waals surface area contributed by atoms with E-state index in [-0.39, 0.29) is 23.9 Å². The second-order valence-corrected chi connectivity index (χ2v) is 10.7. The Morgan fingerprint density at radius 1 is 0.860 bits per heavy atom. The summed E-state index contributed by atoms with van der Waals surface area (Å²) in [5.74, 6) is -3.35. The summed E-state index contributed by atoms with van der Waals surface area (Å²) < 4.78 is 29.0. The number of phenols is 4. The van der Waals surface area contributed by atoms with Crippen LogP contribution in [0.2, 0.25) is 0 Å². The van der Waals surface area contributed by atoms with Crippen LogP contribution in [0.25, 0.3) is 6.08 Å². The van der Waals surface area contributed by atoms with Gasteiger partial charge in [-0.1, -0.05) is 18.2 Å². The Morgan fingerprint density at radius 3 is 2.26 bits per heavy atom. The van der Waals surface area contributed by atoms with Gasteiger partial charge in [-0.05, 0) is 48.4 Å². The molecule has 3 heterocycles. The van der Waals surface area contributed by atoms with E-state index in [2.05, 4.69) is 0 Å². The minimum Gasteiger partial charge on any atom is -0.504 e. The molecule has 14 nitrogen and oxygen atoms in total. The summed E-state index contributed by atoms with van der Waals surface area (Å²) >= 11 is 0. The molecule has 234 valence electrons. The van der Waals surface area contributed by atoms with Crippen molar-refractivity contribution in [3.05, 3.63) is 53.6 Å². The molecule has 2 aromatic rings. The molecule has 0 amide bonds. The van der Waals surface area contributed by atoms with Gasteiger partial charge in [-0.15, -0.1) is 0 Å². The van der Waals surface area contributed by atoms with Gasteiger partial charge in [-0.3, -0.25) is 4.79 Å². The summed E-state index contributed by atoms with van der Waals surface area (Å²) in [6.07, 6.45) is -10.0. The van der Waals surface area contributed by atoms with Crippen molar-refractivity contribution < 1.29 is 69.3 Å². The van der Waals surface area contributed by atoms with Gasteiger partial charge in [-0.25, -0.2) is 0 Å². The zero-order valence-corrected chi connectivity index (χ0v) is 22.9. The van der Waals surface area contributed by atoms with Crippen LogP contribution in [0.4, 0.5) is 0 Å². The first-order valence-corrected chi connectivity index (χ1v) is 13.6. The predicted molar refractivity (Wildman–Crippen MR) is 144 cm³/mol. The molecule has 11 atom stereocenters. The Balaban J connectivity index is 1.36. The van der Waals surface area contributed by atoms with Crippen LogP contribution in [-0.4, -0.2) is 115 Å². The molecule has 11 unspecified atom stereocenters. The second-order valence-electron chi connectivity index (χ2n) is 10.7. The van der Waals surface area contributed by atoms with Crippen LogP contribution in [0.3, 0.4) is 0 Å². The molecule has 43 heavy (non-hydrogen) atoms. The van der Waals surface area contributed by atoms with E-state index in [4.69, 9.17) is 23.7 Å². The summed E-state index contributed by atoms with van der Waals surface area (Å²) in [7, 11) is 0. The Labute approximate surface area is 245 Å². The number of hydrogen-bond donors (Lipinski definition) is 8. The number of benzene rings is 2. The summed E-state index contributed by atoms with van der Waals surface area (Å²) in [5, 5.41) is 80.8. The molecule has 0 aromatic heterocycles. The summed E-state index contributed by atoms with van der Waals surface area (Å²) in [5.41, 5.74) is 0.824. The number of aliphatic hydroxyl groups excluding tert-OH is 4. The molecule has 0 saturated carbocycles. The molecule has 14 heteroatoms. The average Bonchev–Trinajstić information content (AvgIpc) is 2.99. The average molecular weight is 607 g/mol. The number of phenolic OH excluding ortho intramolecular Hbond substituents is 4. The fourth-order valence-corrected chi connectivity index (χ4v) is 5.29. The van der Waals surface area contributed by atoms with Crippen LogP contribution in [0.15, 0.2) is 42.5 Å². The number of hydrogen-bond acceptors (Lipinski definition) is 14. The van der Waals surface area contributed by atoms with Gasteiger partial charge >= 0.3 is 0 Å². The number of fused-ring (bicyclic) bond motifs is 1. The van der Waals surface area contributed by atoms with Gasteiger partial charge < -0.3 is 64.5 Å². The molecule has 0 bridgehead atoms. The Kier molecular flexibility index (Phi) is 9.22. The van der Waals surface area contributed by atoms with Gasteiger partial charge in [0, 0.05) is 0 Å². The highest BCUT2D eigenvalue weighted by Crippen LogP contribution is 2.39. The first-order valence-electron chi connectivity index (χ1n) is 13.6. The molecule has 0 spiro atoms. The van der Waals surface area contributed by atoms with Gasteiger partial charge in [0.15, 0.2) is 41.4 Å². The lowest BCUT2D eigenvalue weighted by Crippen LogP contribution is -2.62. The maximum atomic E-state index is 13.5. The molecular weight excluding hydrogens is 572 g/mol. The molecule has 8 N–H and O–H groups in total. The van der Waals surface area contributed by atoms with Gasteiger partial charge in [0.2, 0.25) is 0 Å². The third-order valence-electron chi connectivity index (χ3n) is 7.79. The summed E-state index contributed by atoms with van der Waals surface area (Å²) in [6.45, 7) is 1.03. The van der Waals surface area contributed by atoms with Crippen molar-refractivity contribution in [2.24, 2.45) is 5.92 Å². The smallest absolute Gasteiger partial charge is 0.186 e. The van der Waals surface area contributed by atoms with E-state index in [0.717, 1.165) is 6.08 Å². The fourth-order valence-electron chi connectivity index (χ4n) is 5.29. The molecule has 0 aliphatic carbocycles. The lowest BCUT2D eigenvalue weighted by molar-refractivity contribution is -0.350. The topological polar surface area (TPSA) is 225 Å². The van der Waals surface area contributed by atoms with E-state index in [1.54, 1.807) is 0 Å². The number of rotatable bonds is 7. The molecule has 3 aliphatic rings. The Hall–Kier alpha value is -3.31. The predicted octanol–water partition coefficient (Wildman–Crippen LogP) is -0.206. The number of carbonyl (C=O) groups is 1. The van der Waals surface area contributed by atoms with Crippen LogP contribution in [0, 0.1) is 5.92 Å². The van der Waals surface area contributed by atoms with Crippen molar-refractivity contribution in [1.82, 2.24) is 0 Å². The zero-order valence-electron chi connectivity index (χ0n) is 22.9. The maximum absolute atomic E-state index is 13.5. The SMILES string of the molecule is CC1OC(OCC2OC3OCC(c4ccc(O)c(O)c4)OC3C(O)C2C(=O)C=Cc2ccc(O)c(O)c2)C(O)C(O)C1O. The molecular formula is C29H34O14. The highest BCUT2D eigenvalue weighted by atomic mass is 16.7. The molecule has 2 aromatic carbocycles. The monoisotopic (exact) mass is 606 g/mol. The highest BCUT2D eigenvalue weighted by Gasteiger charge is 2.52. The van der Waals surface area contributed by atoms with Crippen molar-refractivity contribution in [1.29, 1.82) is 0 Å². The lowest BCUT2D eigenvalue weighted by atomic mass is 9.84. The van der Waals surface area contributed by atoms with Crippen molar-refractivity contribution >= 4 is 11.9 Å². The van der Waals surface area contributed by atoms with Crippen LogP contribution in [0.1, 0.15) is 24.2 Å². The maximum Gasteiger partial charge on any atom is 0.186 e. The number of aliphatic hydroxyl groups is 4. The van der Waals surface area contributed by atoms with E-state index < -0.39 is 85.5 Å². The largest absolute Gasteiger partial charge is 0.504 e. The first-order chi connectivity index (χ1) is 20.4. The minimum absolute atomic E-state index is 0.0550. The third-order valence-corrected chi connectivity index (χ3v) is 7.79. The summed E-state index contributed by atoms with van der Waals surface area (Å²) in [4.78, 5) is 13.5. The van der Waals surface area contributed by atoms with Crippen molar-refractivity contribution in [3.8, 4) is 23.0 Å². The number of ether oxygens (including phenoxy) is 5. The Bertz CT molecular complexity index is 1330. The molecule has 5 rings (SSSR count). The van der Waals surface area contributed by atoms with E-state index in [0.29, 0.717) is 11.1 Å². The van der Waals surface area contributed by atoms with Gasteiger partial charge in [0.1, 0.15) is 30.5 Å². The van der Waals surface area contributed by atoms with E-state index in [1.165, 1.54) is 49.4 Å². The molecule has 3 aliphatic heterocycles. The van der Waals surface area contributed by atoms with E-state index >= 15 is 0 Å². The molecule has 0 radical (unpaired) electrons. The Morgan fingerprint density at radius 2 is 1.56 bits per heavy atom. The van der Waals surface area contributed by atoms with Crippen LogP contribution in [0.5, 0.6) is 23.0 Å². The quantitative estimate of drug-likeness (QED) is 0.151.